The van der Waals surface area contributed by atoms with Crippen LogP contribution in [0.1, 0.15) is 31.9 Å². The Balaban J connectivity index is 2.01. The van der Waals surface area contributed by atoms with Gasteiger partial charge in [-0.3, -0.25) is 0 Å². The number of hydrogen-bond donors (Lipinski definition) is 1. The van der Waals surface area contributed by atoms with E-state index in [9.17, 15) is 0 Å². The van der Waals surface area contributed by atoms with Crippen LogP contribution in [0.2, 0.25) is 0 Å². The lowest BCUT2D eigenvalue weighted by molar-refractivity contribution is 0.416. The topological polar surface area (TPSA) is 38.9 Å². The lowest BCUT2D eigenvalue weighted by Gasteiger charge is -2.22. The van der Waals surface area contributed by atoms with Gasteiger partial charge in [0, 0.05) is 17.3 Å². The summed E-state index contributed by atoms with van der Waals surface area (Å²) in [5.41, 5.74) is 9.39. The molecule has 0 spiro atoms. The summed E-state index contributed by atoms with van der Waals surface area (Å²) in [4.78, 5) is 4.29. The van der Waals surface area contributed by atoms with Gasteiger partial charge in [-0.15, -0.1) is 11.3 Å². The van der Waals surface area contributed by atoms with Crippen LogP contribution in [0.15, 0.2) is 10.9 Å². The van der Waals surface area contributed by atoms with E-state index in [1.807, 2.05) is 5.51 Å². The number of aromatic nitrogens is 1. The van der Waals surface area contributed by atoms with Crippen molar-refractivity contribution in [1.29, 1.82) is 0 Å². The van der Waals surface area contributed by atoms with Gasteiger partial charge < -0.3 is 5.73 Å². The highest BCUT2D eigenvalue weighted by Crippen LogP contribution is 2.34. The third kappa shape index (κ3) is 2.09. The molecule has 1 aromatic rings. The fraction of sp³-hybridized carbons (Fsp3) is 0.700. The van der Waals surface area contributed by atoms with Gasteiger partial charge in [-0.1, -0.05) is 6.92 Å². The lowest BCUT2D eigenvalue weighted by atomic mass is 9.92. The summed E-state index contributed by atoms with van der Waals surface area (Å²) in [6, 6.07) is 0. The second-order valence-electron chi connectivity index (χ2n) is 4.37. The van der Waals surface area contributed by atoms with Crippen molar-refractivity contribution >= 4 is 11.3 Å². The normalized spacial score (nSPS) is 33.8. The van der Waals surface area contributed by atoms with Crippen LogP contribution in [0.3, 0.4) is 0 Å². The summed E-state index contributed by atoms with van der Waals surface area (Å²) in [6.45, 7) is 2.29. The zero-order valence-electron chi connectivity index (χ0n) is 7.99. The van der Waals surface area contributed by atoms with Gasteiger partial charge in [-0.05, 0) is 25.2 Å². The zero-order chi connectivity index (χ0) is 9.31. The molecule has 0 aromatic carbocycles. The monoisotopic (exact) mass is 196 g/mol. The van der Waals surface area contributed by atoms with Gasteiger partial charge in [0.1, 0.15) is 0 Å². The molecule has 13 heavy (non-hydrogen) atoms. The van der Waals surface area contributed by atoms with Gasteiger partial charge in [-0.2, -0.15) is 0 Å². The second kappa shape index (κ2) is 3.39. The maximum Gasteiger partial charge on any atom is 0.0794 e. The van der Waals surface area contributed by atoms with Crippen LogP contribution < -0.4 is 5.73 Å². The third-order valence-electron chi connectivity index (χ3n) is 2.91. The predicted octanol–water partition coefficient (Wildman–Crippen LogP) is 2.20. The molecule has 1 saturated carbocycles. The van der Waals surface area contributed by atoms with Crippen molar-refractivity contribution in [2.24, 2.45) is 11.7 Å². The van der Waals surface area contributed by atoms with Gasteiger partial charge in [0.2, 0.25) is 0 Å². The Kier molecular flexibility index (Phi) is 2.39. The minimum Gasteiger partial charge on any atom is -0.325 e. The predicted molar refractivity (Wildman–Crippen MR) is 55.8 cm³/mol. The molecule has 1 aliphatic carbocycles. The molecule has 2 atom stereocenters. The van der Waals surface area contributed by atoms with E-state index < -0.39 is 0 Å². The number of rotatable bonds is 2. The van der Waals surface area contributed by atoms with Gasteiger partial charge in [0.15, 0.2) is 0 Å². The Morgan fingerprint density at radius 1 is 1.77 bits per heavy atom. The summed E-state index contributed by atoms with van der Waals surface area (Å²) >= 11 is 1.66. The van der Waals surface area contributed by atoms with Crippen LogP contribution in [0.25, 0.3) is 0 Å². The smallest absolute Gasteiger partial charge is 0.0794 e. The molecule has 1 aromatic heterocycles. The summed E-state index contributed by atoms with van der Waals surface area (Å²) < 4.78 is 0. The molecule has 1 heterocycles. The Labute approximate surface area is 83.2 Å². The van der Waals surface area contributed by atoms with E-state index in [1.54, 1.807) is 11.3 Å². The Bertz CT molecular complexity index is 270. The van der Waals surface area contributed by atoms with Crippen molar-refractivity contribution in [1.82, 2.24) is 4.98 Å². The standard InChI is InChI=1S/C10H16N2S/c1-8-2-3-10(11,4-8)5-9-6-13-7-12-9/h6-8H,2-5,11H2,1H3. The van der Waals surface area contributed by atoms with E-state index in [0.29, 0.717) is 0 Å². The van der Waals surface area contributed by atoms with Crippen molar-refractivity contribution in [3.05, 3.63) is 16.6 Å². The van der Waals surface area contributed by atoms with Gasteiger partial charge in [0.25, 0.3) is 0 Å². The van der Waals surface area contributed by atoms with Gasteiger partial charge >= 0.3 is 0 Å². The zero-order valence-corrected chi connectivity index (χ0v) is 8.81. The Hall–Kier alpha value is -0.410. The quantitative estimate of drug-likeness (QED) is 0.787. The summed E-state index contributed by atoms with van der Waals surface area (Å²) in [5, 5.41) is 2.11. The fourth-order valence-electron chi connectivity index (χ4n) is 2.28. The number of thiazole rings is 1. The highest BCUT2D eigenvalue weighted by atomic mass is 32.1. The number of hydrogen-bond acceptors (Lipinski definition) is 3. The molecule has 2 nitrogen and oxygen atoms in total. The van der Waals surface area contributed by atoms with Crippen LogP contribution in [-0.4, -0.2) is 10.5 Å². The van der Waals surface area contributed by atoms with Crippen molar-refractivity contribution in [2.45, 2.75) is 38.1 Å². The van der Waals surface area contributed by atoms with Gasteiger partial charge in [-0.25, -0.2) is 4.98 Å². The van der Waals surface area contributed by atoms with E-state index >= 15 is 0 Å². The molecule has 1 aliphatic rings. The SMILES string of the molecule is CC1CCC(N)(Cc2cscn2)C1. The lowest BCUT2D eigenvalue weighted by Crippen LogP contribution is -2.39. The molecular formula is C10H16N2S. The first-order valence-corrected chi connectivity index (χ1v) is 5.78. The van der Waals surface area contributed by atoms with E-state index in [-0.39, 0.29) is 5.54 Å². The fourth-order valence-corrected chi connectivity index (χ4v) is 2.84. The van der Waals surface area contributed by atoms with Crippen molar-refractivity contribution in [3.63, 3.8) is 0 Å². The molecule has 2 unspecified atom stereocenters. The Morgan fingerprint density at radius 3 is 3.15 bits per heavy atom. The Morgan fingerprint density at radius 2 is 2.62 bits per heavy atom. The number of nitrogens with two attached hydrogens (primary N) is 1. The van der Waals surface area contributed by atoms with Crippen molar-refractivity contribution in [2.75, 3.05) is 0 Å². The maximum absolute atomic E-state index is 6.31. The highest BCUT2D eigenvalue weighted by Gasteiger charge is 2.33. The van der Waals surface area contributed by atoms with Crippen molar-refractivity contribution < 1.29 is 0 Å². The third-order valence-corrected chi connectivity index (χ3v) is 3.54. The van der Waals surface area contributed by atoms with Crippen LogP contribution >= 0.6 is 11.3 Å². The van der Waals surface area contributed by atoms with Crippen LogP contribution in [0.5, 0.6) is 0 Å². The average Bonchev–Trinajstić information content (AvgIpc) is 2.62. The van der Waals surface area contributed by atoms with Crippen molar-refractivity contribution in [3.8, 4) is 0 Å². The van der Waals surface area contributed by atoms with Crippen LogP contribution in [-0.2, 0) is 6.42 Å². The molecular weight excluding hydrogens is 180 g/mol. The highest BCUT2D eigenvalue weighted by molar-refractivity contribution is 7.07. The molecule has 0 aliphatic heterocycles. The molecule has 72 valence electrons. The maximum atomic E-state index is 6.31. The van der Waals surface area contributed by atoms with Gasteiger partial charge in [0.05, 0.1) is 11.2 Å². The van der Waals surface area contributed by atoms with E-state index in [1.165, 1.54) is 12.1 Å². The minimum atomic E-state index is 0.0352. The first-order valence-electron chi connectivity index (χ1n) is 4.84. The molecule has 0 radical (unpaired) electrons. The summed E-state index contributed by atoms with van der Waals surface area (Å²) in [5.74, 6) is 0.795. The minimum absolute atomic E-state index is 0.0352. The largest absolute Gasteiger partial charge is 0.325 e. The van der Waals surface area contributed by atoms with E-state index in [2.05, 4.69) is 17.3 Å². The molecule has 3 heteroatoms. The molecule has 0 amide bonds. The average molecular weight is 196 g/mol. The van der Waals surface area contributed by atoms with E-state index in [0.717, 1.165) is 25.2 Å². The van der Waals surface area contributed by atoms with Crippen LogP contribution in [0, 0.1) is 5.92 Å². The molecule has 1 fully saturated rings. The first-order chi connectivity index (χ1) is 6.18. The molecule has 2 rings (SSSR count). The molecule has 0 saturated heterocycles. The van der Waals surface area contributed by atoms with E-state index in [4.69, 9.17) is 5.73 Å². The summed E-state index contributed by atoms with van der Waals surface area (Å²) in [7, 11) is 0. The molecule has 2 N–H and O–H groups in total. The summed E-state index contributed by atoms with van der Waals surface area (Å²) in [6.07, 6.45) is 4.55. The second-order valence-corrected chi connectivity index (χ2v) is 5.09. The molecule has 0 bridgehead atoms. The number of nitrogens with zero attached hydrogens (tertiary/aromatic N) is 1. The first kappa shape index (κ1) is 9.16. The van der Waals surface area contributed by atoms with Crippen LogP contribution in [0.4, 0.5) is 0 Å².